The molecular weight excluding hydrogens is 259 g/mol. The largest absolute Gasteiger partial charge is 0.573 e. The molecule has 0 fully saturated rings. The Bertz CT molecular complexity index is 493. The third-order valence-corrected chi connectivity index (χ3v) is 2.26. The Morgan fingerprint density at radius 3 is 2.19 bits per heavy atom. The highest BCUT2D eigenvalue weighted by molar-refractivity contribution is 7.86. The molecular formula is C7H3F5O3S. The number of benzene rings is 1. The van der Waals surface area contributed by atoms with Crippen LogP contribution in [-0.2, 0) is 10.2 Å². The fourth-order valence-electron chi connectivity index (χ4n) is 0.882. The van der Waals surface area contributed by atoms with Gasteiger partial charge in [0.2, 0.25) is 0 Å². The van der Waals surface area contributed by atoms with E-state index in [2.05, 4.69) is 4.74 Å². The van der Waals surface area contributed by atoms with Crippen molar-refractivity contribution < 1.29 is 34.6 Å². The van der Waals surface area contributed by atoms with Crippen LogP contribution in [0.5, 0.6) is 5.75 Å². The summed E-state index contributed by atoms with van der Waals surface area (Å²) in [5, 5.41) is 0. The summed E-state index contributed by atoms with van der Waals surface area (Å²) >= 11 is 0. The average Bonchev–Trinajstić information content (AvgIpc) is 2.04. The Morgan fingerprint density at radius 1 is 1.19 bits per heavy atom. The van der Waals surface area contributed by atoms with Crippen LogP contribution in [0.15, 0.2) is 23.1 Å². The molecule has 0 spiro atoms. The van der Waals surface area contributed by atoms with Crippen molar-refractivity contribution >= 4 is 10.2 Å². The molecule has 0 saturated carbocycles. The van der Waals surface area contributed by atoms with E-state index in [9.17, 15) is 29.9 Å². The van der Waals surface area contributed by atoms with Crippen LogP contribution in [0.2, 0.25) is 0 Å². The molecule has 0 heterocycles. The molecule has 1 aromatic rings. The van der Waals surface area contributed by atoms with Gasteiger partial charge in [-0.2, -0.15) is 8.42 Å². The van der Waals surface area contributed by atoms with Crippen LogP contribution < -0.4 is 4.74 Å². The summed E-state index contributed by atoms with van der Waals surface area (Å²) in [6.07, 6.45) is -5.19. The lowest BCUT2D eigenvalue weighted by atomic mass is 10.3. The first kappa shape index (κ1) is 12.7. The van der Waals surface area contributed by atoms with E-state index in [0.717, 1.165) is 6.07 Å². The molecule has 0 aliphatic heterocycles. The zero-order valence-electron chi connectivity index (χ0n) is 7.25. The van der Waals surface area contributed by atoms with Crippen LogP contribution in [0.25, 0.3) is 0 Å². The normalized spacial score (nSPS) is 12.6. The van der Waals surface area contributed by atoms with Gasteiger partial charge in [-0.05, 0) is 12.1 Å². The predicted octanol–water partition coefficient (Wildman–Crippen LogP) is 2.38. The summed E-state index contributed by atoms with van der Waals surface area (Å²) in [4.78, 5) is -1.51. The van der Waals surface area contributed by atoms with E-state index < -0.39 is 33.0 Å². The maximum Gasteiger partial charge on any atom is 0.573 e. The molecule has 0 bridgehead atoms. The molecule has 0 N–H and O–H groups in total. The fraction of sp³-hybridized carbons (Fsp3) is 0.143. The van der Waals surface area contributed by atoms with Crippen LogP contribution in [0.1, 0.15) is 0 Å². The number of alkyl halides is 3. The van der Waals surface area contributed by atoms with Crippen molar-refractivity contribution in [1.82, 2.24) is 0 Å². The molecule has 0 amide bonds. The Morgan fingerprint density at radius 2 is 1.75 bits per heavy atom. The maximum atomic E-state index is 13.1. The lowest BCUT2D eigenvalue weighted by Gasteiger charge is -2.10. The molecule has 0 aliphatic carbocycles. The lowest BCUT2D eigenvalue weighted by Crippen LogP contribution is -2.18. The van der Waals surface area contributed by atoms with E-state index >= 15 is 0 Å². The highest BCUT2D eigenvalue weighted by Gasteiger charge is 2.33. The highest BCUT2D eigenvalue weighted by atomic mass is 32.3. The minimum Gasteiger partial charge on any atom is -0.403 e. The Kier molecular flexibility index (Phi) is 3.08. The number of halogens is 5. The van der Waals surface area contributed by atoms with Crippen molar-refractivity contribution in [2.45, 2.75) is 11.3 Å². The van der Waals surface area contributed by atoms with Crippen molar-refractivity contribution in [3.8, 4) is 5.75 Å². The summed E-state index contributed by atoms with van der Waals surface area (Å²) in [5.41, 5.74) is 0. The molecule has 90 valence electrons. The Hall–Kier alpha value is -1.38. The topological polar surface area (TPSA) is 43.4 Å². The maximum absolute atomic E-state index is 13.1. The van der Waals surface area contributed by atoms with E-state index in [1.807, 2.05) is 0 Å². The van der Waals surface area contributed by atoms with Crippen LogP contribution in [0.3, 0.4) is 0 Å². The third-order valence-electron chi connectivity index (χ3n) is 1.42. The molecule has 0 atom stereocenters. The first-order valence-corrected chi connectivity index (χ1v) is 4.98. The van der Waals surface area contributed by atoms with Crippen LogP contribution in [0.4, 0.5) is 21.4 Å². The molecule has 0 aliphatic rings. The van der Waals surface area contributed by atoms with Crippen molar-refractivity contribution in [2.75, 3.05) is 0 Å². The molecule has 3 nitrogen and oxygen atoms in total. The van der Waals surface area contributed by atoms with E-state index in [4.69, 9.17) is 0 Å². The molecule has 0 unspecified atom stereocenters. The quantitative estimate of drug-likeness (QED) is 0.607. The summed E-state index contributed by atoms with van der Waals surface area (Å²) in [7, 11) is -5.43. The van der Waals surface area contributed by atoms with Gasteiger partial charge < -0.3 is 4.74 Å². The smallest absolute Gasteiger partial charge is 0.403 e. The van der Waals surface area contributed by atoms with Gasteiger partial charge in [0, 0.05) is 0 Å². The second kappa shape index (κ2) is 3.89. The monoisotopic (exact) mass is 262 g/mol. The van der Waals surface area contributed by atoms with Gasteiger partial charge in [0.1, 0.15) is 4.90 Å². The van der Waals surface area contributed by atoms with Crippen molar-refractivity contribution in [2.24, 2.45) is 0 Å². The summed E-state index contributed by atoms with van der Waals surface area (Å²) in [5.74, 6) is -3.34. The van der Waals surface area contributed by atoms with E-state index in [1.54, 1.807) is 0 Å². The zero-order chi connectivity index (χ0) is 12.6. The van der Waals surface area contributed by atoms with Gasteiger partial charge in [0.15, 0.2) is 11.6 Å². The second-order valence-corrected chi connectivity index (χ2v) is 3.87. The fourth-order valence-corrected chi connectivity index (χ4v) is 1.44. The average molecular weight is 262 g/mol. The number of hydrogen-bond donors (Lipinski definition) is 0. The lowest BCUT2D eigenvalue weighted by molar-refractivity contribution is -0.275. The number of hydrogen-bond acceptors (Lipinski definition) is 3. The van der Waals surface area contributed by atoms with Crippen LogP contribution in [-0.4, -0.2) is 14.8 Å². The van der Waals surface area contributed by atoms with Crippen LogP contribution in [0, 0.1) is 5.82 Å². The molecule has 1 rings (SSSR count). The van der Waals surface area contributed by atoms with E-state index in [1.165, 1.54) is 0 Å². The molecule has 16 heavy (non-hydrogen) atoms. The van der Waals surface area contributed by atoms with Gasteiger partial charge >= 0.3 is 16.6 Å². The van der Waals surface area contributed by atoms with Gasteiger partial charge in [-0.3, -0.25) is 0 Å². The van der Waals surface area contributed by atoms with E-state index in [0.29, 0.717) is 12.1 Å². The van der Waals surface area contributed by atoms with Gasteiger partial charge in [-0.1, -0.05) is 6.07 Å². The SMILES string of the molecule is O=S(=O)(F)c1cccc(OC(F)(F)F)c1F. The van der Waals surface area contributed by atoms with Crippen molar-refractivity contribution in [3.63, 3.8) is 0 Å². The van der Waals surface area contributed by atoms with E-state index in [-0.39, 0.29) is 0 Å². The van der Waals surface area contributed by atoms with Gasteiger partial charge in [-0.25, -0.2) is 4.39 Å². The minimum atomic E-state index is -5.43. The third kappa shape index (κ3) is 3.05. The van der Waals surface area contributed by atoms with Gasteiger partial charge in [0.25, 0.3) is 0 Å². The summed E-state index contributed by atoms with van der Waals surface area (Å²) in [6, 6.07) is 1.72. The Balaban J connectivity index is 3.25. The molecule has 0 radical (unpaired) electrons. The zero-order valence-corrected chi connectivity index (χ0v) is 8.07. The molecule has 1 aromatic carbocycles. The van der Waals surface area contributed by atoms with Crippen molar-refractivity contribution in [1.29, 1.82) is 0 Å². The van der Waals surface area contributed by atoms with Gasteiger partial charge in [-0.15, -0.1) is 17.1 Å². The number of rotatable bonds is 2. The second-order valence-electron chi connectivity index (χ2n) is 2.55. The first-order chi connectivity index (χ1) is 7.11. The Labute approximate surface area is 86.7 Å². The predicted molar refractivity (Wildman–Crippen MR) is 41.4 cm³/mol. The van der Waals surface area contributed by atoms with Crippen molar-refractivity contribution in [3.05, 3.63) is 24.0 Å². The standard InChI is InChI=1S/C7H3F5O3S/c8-6-4(15-7(9,10)11)2-1-3-5(6)16(12,13)14/h1-3H. The summed E-state index contributed by atoms with van der Waals surface area (Å²) in [6.45, 7) is 0. The molecule has 0 saturated heterocycles. The minimum absolute atomic E-state index is 0.480. The van der Waals surface area contributed by atoms with Crippen LogP contribution >= 0.6 is 0 Å². The molecule has 0 aromatic heterocycles. The number of ether oxygens (including phenoxy) is 1. The van der Waals surface area contributed by atoms with Gasteiger partial charge in [0.05, 0.1) is 0 Å². The highest BCUT2D eigenvalue weighted by Crippen LogP contribution is 2.29. The molecule has 9 heteroatoms. The summed E-state index contributed by atoms with van der Waals surface area (Å²) < 4.78 is 84.4. The first-order valence-electron chi connectivity index (χ1n) is 3.60.